The van der Waals surface area contributed by atoms with Crippen LogP contribution in [-0.4, -0.2) is 22.2 Å². The molecule has 0 aromatic heterocycles. The fraction of sp³-hybridized carbons (Fsp3) is 0.773. The van der Waals surface area contributed by atoms with Gasteiger partial charge in [0.25, 0.3) is 0 Å². The number of carbonyl (C=O) groups is 2. The Morgan fingerprint density at radius 2 is 0.654 bits per heavy atom. The van der Waals surface area contributed by atoms with Crippen LogP contribution < -0.4 is 0 Å². The fourth-order valence-electron chi connectivity index (χ4n) is 2.85. The second kappa shape index (κ2) is 23.5. The minimum Gasteiger partial charge on any atom is -0.481 e. The maximum Gasteiger partial charge on any atom is 0.303 e. The summed E-state index contributed by atoms with van der Waals surface area (Å²) in [7, 11) is 0. The molecular weight excluding hydrogens is 328 g/mol. The number of hydrogen-bond acceptors (Lipinski definition) is 2. The van der Waals surface area contributed by atoms with Crippen LogP contribution in [0.1, 0.15) is 109 Å². The zero-order valence-corrected chi connectivity index (χ0v) is 16.6. The molecule has 0 amide bonds. The second-order valence-corrected chi connectivity index (χ2v) is 6.84. The van der Waals surface area contributed by atoms with Crippen LogP contribution in [0.2, 0.25) is 0 Å². The average Bonchev–Trinajstić information content (AvgIpc) is 2.58. The first-order valence-electron chi connectivity index (χ1n) is 10.3. The monoisotopic (exact) mass is 368 g/mol. The Balaban J connectivity index is 0. The molecule has 0 unspecified atom stereocenters. The predicted molar refractivity (Wildman–Crippen MR) is 109 cm³/mol. The van der Waals surface area contributed by atoms with Crippen LogP contribution in [0.25, 0.3) is 0 Å². The Morgan fingerprint density at radius 3 is 0.808 bits per heavy atom. The Hall–Kier alpha value is -1.54. The van der Waals surface area contributed by atoms with Crippen molar-refractivity contribution in [3.8, 4) is 0 Å². The van der Waals surface area contributed by atoms with Crippen molar-refractivity contribution in [3.63, 3.8) is 0 Å². The van der Waals surface area contributed by atoms with Gasteiger partial charge >= 0.3 is 11.9 Å². The van der Waals surface area contributed by atoms with E-state index in [0.717, 1.165) is 25.7 Å². The van der Waals surface area contributed by atoms with Crippen LogP contribution in [0.4, 0.5) is 0 Å². The summed E-state index contributed by atoms with van der Waals surface area (Å²) in [6.07, 6.45) is 18.4. The molecule has 0 bridgehead atoms. The van der Waals surface area contributed by atoms with Gasteiger partial charge in [-0.3, -0.25) is 9.59 Å². The highest BCUT2D eigenvalue weighted by Gasteiger charge is 1.98. The molecule has 0 aliphatic carbocycles. The van der Waals surface area contributed by atoms with Crippen LogP contribution in [-0.2, 0) is 9.59 Å². The number of hydrogen-bond donors (Lipinski definition) is 2. The summed E-state index contributed by atoms with van der Waals surface area (Å²) < 4.78 is 0. The van der Waals surface area contributed by atoms with Gasteiger partial charge in [-0.05, 0) is 12.8 Å². The fourth-order valence-corrected chi connectivity index (χ4v) is 2.85. The molecule has 0 aromatic rings. The molecule has 26 heavy (non-hydrogen) atoms. The lowest BCUT2D eigenvalue weighted by Crippen LogP contribution is -1.93. The summed E-state index contributed by atoms with van der Waals surface area (Å²) in [4.78, 5) is 20.7. The molecule has 0 aliphatic rings. The van der Waals surface area contributed by atoms with E-state index >= 15 is 0 Å². The van der Waals surface area contributed by atoms with E-state index < -0.39 is 11.9 Å². The largest absolute Gasteiger partial charge is 0.481 e. The van der Waals surface area contributed by atoms with Crippen molar-refractivity contribution >= 4 is 11.9 Å². The molecule has 0 aromatic carbocycles. The molecule has 0 saturated heterocycles. The van der Waals surface area contributed by atoms with Crippen molar-refractivity contribution in [1.29, 1.82) is 0 Å². The minimum absolute atomic E-state index is 0.319. The summed E-state index contributed by atoms with van der Waals surface area (Å²) in [6, 6.07) is 0. The van der Waals surface area contributed by atoms with Gasteiger partial charge in [0.2, 0.25) is 0 Å². The molecular formula is C22H40O4. The molecule has 0 spiro atoms. The van der Waals surface area contributed by atoms with E-state index in [0.29, 0.717) is 12.8 Å². The zero-order chi connectivity index (χ0) is 19.9. The molecule has 4 heteroatoms. The molecule has 0 fully saturated rings. The number of rotatable bonds is 18. The topological polar surface area (TPSA) is 74.6 Å². The van der Waals surface area contributed by atoms with Crippen LogP contribution in [0.15, 0.2) is 18.9 Å². The van der Waals surface area contributed by atoms with Crippen molar-refractivity contribution in [1.82, 2.24) is 0 Å². The summed E-state index contributed by atoms with van der Waals surface area (Å²) in [5.74, 6) is -1.35. The van der Waals surface area contributed by atoms with Gasteiger partial charge in [0, 0.05) is 12.8 Å². The van der Waals surface area contributed by atoms with Crippen LogP contribution in [0.3, 0.4) is 0 Å². The number of unbranched alkanes of at least 4 members (excludes halogenated alkanes) is 14. The lowest BCUT2D eigenvalue weighted by atomic mass is 10.0. The summed E-state index contributed by atoms with van der Waals surface area (Å²) >= 11 is 0. The number of carboxylic acids is 2. The third-order valence-electron chi connectivity index (χ3n) is 4.28. The van der Waals surface area contributed by atoms with E-state index in [9.17, 15) is 9.59 Å². The standard InChI is InChI=1S/C19H36O4.C3H4/c20-18(21)16-14-12-10-8-6-4-2-1-3-5-7-9-11-13-15-17-19(22)23;1-3-2/h1-17H2,(H,20,21)(H,22,23);1-2H2. The Labute approximate surface area is 160 Å². The van der Waals surface area contributed by atoms with E-state index in [-0.39, 0.29) is 0 Å². The van der Waals surface area contributed by atoms with E-state index in [4.69, 9.17) is 10.2 Å². The second-order valence-electron chi connectivity index (χ2n) is 6.84. The molecule has 0 radical (unpaired) electrons. The molecule has 0 aliphatic heterocycles. The lowest BCUT2D eigenvalue weighted by molar-refractivity contribution is -0.138. The third kappa shape index (κ3) is 30.4. The highest BCUT2D eigenvalue weighted by Crippen LogP contribution is 2.14. The lowest BCUT2D eigenvalue weighted by Gasteiger charge is -2.03. The van der Waals surface area contributed by atoms with Crippen LogP contribution >= 0.6 is 0 Å². The van der Waals surface area contributed by atoms with Crippen molar-refractivity contribution < 1.29 is 19.8 Å². The Morgan fingerprint density at radius 1 is 0.500 bits per heavy atom. The van der Waals surface area contributed by atoms with Gasteiger partial charge in [-0.1, -0.05) is 96.6 Å². The van der Waals surface area contributed by atoms with E-state index in [1.807, 2.05) is 0 Å². The smallest absolute Gasteiger partial charge is 0.303 e. The number of aliphatic carboxylic acids is 2. The third-order valence-corrected chi connectivity index (χ3v) is 4.28. The van der Waals surface area contributed by atoms with Crippen LogP contribution in [0.5, 0.6) is 0 Å². The van der Waals surface area contributed by atoms with Crippen molar-refractivity contribution in [3.05, 3.63) is 18.9 Å². The molecule has 4 nitrogen and oxygen atoms in total. The van der Waals surface area contributed by atoms with Crippen LogP contribution in [0, 0.1) is 0 Å². The quantitative estimate of drug-likeness (QED) is 0.207. The maximum atomic E-state index is 10.4. The van der Waals surface area contributed by atoms with Gasteiger partial charge in [-0.25, -0.2) is 0 Å². The van der Waals surface area contributed by atoms with Gasteiger partial charge in [0.1, 0.15) is 0 Å². The van der Waals surface area contributed by atoms with E-state index in [1.165, 1.54) is 70.6 Å². The Kier molecular flexibility index (Phi) is 24.1. The van der Waals surface area contributed by atoms with Gasteiger partial charge < -0.3 is 10.2 Å². The van der Waals surface area contributed by atoms with E-state index in [1.54, 1.807) is 0 Å². The van der Waals surface area contributed by atoms with Gasteiger partial charge in [-0.2, -0.15) is 0 Å². The van der Waals surface area contributed by atoms with Crippen molar-refractivity contribution in [2.45, 2.75) is 109 Å². The SMILES string of the molecule is C=C=C.O=C(O)CCCCCCCCCCCCCCCCCC(=O)O. The Bertz CT molecular complexity index is 329. The average molecular weight is 369 g/mol. The normalized spacial score (nSPS) is 9.85. The predicted octanol–water partition coefficient (Wildman–Crippen LogP) is 6.74. The molecule has 0 rings (SSSR count). The zero-order valence-electron chi connectivity index (χ0n) is 16.6. The highest BCUT2D eigenvalue weighted by molar-refractivity contribution is 5.66. The van der Waals surface area contributed by atoms with Gasteiger partial charge in [0.15, 0.2) is 0 Å². The molecule has 2 N–H and O–H groups in total. The first kappa shape index (κ1) is 26.7. The summed E-state index contributed by atoms with van der Waals surface area (Å²) in [5.41, 5.74) is 2.25. The van der Waals surface area contributed by atoms with Gasteiger partial charge in [0.05, 0.1) is 0 Å². The maximum absolute atomic E-state index is 10.4. The highest BCUT2D eigenvalue weighted by atomic mass is 16.4. The minimum atomic E-state index is -0.676. The first-order valence-corrected chi connectivity index (χ1v) is 10.3. The van der Waals surface area contributed by atoms with E-state index in [2.05, 4.69) is 18.9 Å². The first-order chi connectivity index (χ1) is 12.5. The summed E-state index contributed by atoms with van der Waals surface area (Å²) in [6.45, 7) is 6.25. The molecule has 0 saturated carbocycles. The number of carboxylic acid groups (broad SMARTS) is 2. The molecule has 0 heterocycles. The van der Waals surface area contributed by atoms with Crippen molar-refractivity contribution in [2.24, 2.45) is 0 Å². The molecule has 0 atom stereocenters. The van der Waals surface area contributed by atoms with Gasteiger partial charge in [-0.15, -0.1) is 5.73 Å². The van der Waals surface area contributed by atoms with Crippen molar-refractivity contribution in [2.75, 3.05) is 0 Å². The molecule has 152 valence electrons. The summed E-state index contributed by atoms with van der Waals surface area (Å²) in [5, 5.41) is 17.1.